The first kappa shape index (κ1) is 21.9. The van der Waals surface area contributed by atoms with E-state index in [1.165, 1.54) is 6.07 Å². The van der Waals surface area contributed by atoms with Gasteiger partial charge in [-0.2, -0.15) is 13.2 Å². The second kappa shape index (κ2) is 9.02. The molecule has 1 saturated heterocycles. The molecule has 0 bridgehead atoms. The fourth-order valence-corrected chi connectivity index (χ4v) is 4.03. The minimum atomic E-state index is -4.48. The van der Waals surface area contributed by atoms with E-state index < -0.39 is 11.7 Å². The van der Waals surface area contributed by atoms with E-state index >= 15 is 0 Å². The van der Waals surface area contributed by atoms with E-state index in [0.29, 0.717) is 45.9 Å². The Balaban J connectivity index is 1.49. The lowest BCUT2D eigenvalue weighted by atomic mass is 10.2. The van der Waals surface area contributed by atoms with Crippen molar-refractivity contribution in [2.45, 2.75) is 19.3 Å². The van der Waals surface area contributed by atoms with Gasteiger partial charge in [0.2, 0.25) is 0 Å². The summed E-state index contributed by atoms with van der Waals surface area (Å²) in [4.78, 5) is 12.6. The number of methoxy groups -OCH3 is 1. The van der Waals surface area contributed by atoms with Gasteiger partial charge in [-0.05, 0) is 24.3 Å². The Kier molecular flexibility index (Phi) is 6.36. The van der Waals surface area contributed by atoms with Crippen LogP contribution in [-0.4, -0.2) is 59.3 Å². The molecular formula is C21H23ClF3N5O. The van der Waals surface area contributed by atoms with Crippen molar-refractivity contribution in [3.05, 3.63) is 52.9 Å². The Morgan fingerprint density at radius 2 is 1.77 bits per heavy atom. The number of para-hydroxylation sites is 2. The summed E-state index contributed by atoms with van der Waals surface area (Å²) in [6.45, 7) is 3.91. The zero-order valence-electron chi connectivity index (χ0n) is 17.1. The normalized spacial score (nSPS) is 15.7. The molecule has 3 heterocycles. The molecule has 0 spiro atoms. The van der Waals surface area contributed by atoms with Gasteiger partial charge in [0, 0.05) is 39.8 Å². The van der Waals surface area contributed by atoms with Crippen molar-refractivity contribution >= 4 is 28.5 Å². The number of fused-ring (bicyclic) bond motifs is 1. The highest BCUT2D eigenvalue weighted by molar-refractivity contribution is 6.29. The lowest BCUT2D eigenvalue weighted by Crippen LogP contribution is -2.47. The standard InChI is InChI=1S/C21H23ClF3N5O/c1-31-13-12-30-17-5-3-2-4-16(17)26-19(30)14-28-8-10-29(11-9-28)20-15(21(23,24)25)6-7-18(22)27-20/h2-7H,8-14H2,1H3. The number of rotatable bonds is 6. The van der Waals surface area contributed by atoms with Crippen molar-refractivity contribution < 1.29 is 17.9 Å². The van der Waals surface area contributed by atoms with E-state index in [4.69, 9.17) is 21.3 Å². The van der Waals surface area contributed by atoms with E-state index in [9.17, 15) is 13.2 Å². The van der Waals surface area contributed by atoms with Gasteiger partial charge >= 0.3 is 6.18 Å². The molecule has 6 nitrogen and oxygen atoms in total. The monoisotopic (exact) mass is 453 g/mol. The van der Waals surface area contributed by atoms with Crippen LogP contribution in [0.2, 0.25) is 5.15 Å². The Morgan fingerprint density at radius 1 is 1.03 bits per heavy atom. The first-order valence-electron chi connectivity index (χ1n) is 10.0. The van der Waals surface area contributed by atoms with Crippen LogP contribution in [0.4, 0.5) is 19.0 Å². The third-order valence-electron chi connectivity index (χ3n) is 5.44. The van der Waals surface area contributed by atoms with Crippen LogP contribution in [-0.2, 0) is 24.0 Å². The molecule has 0 N–H and O–H groups in total. The summed E-state index contributed by atoms with van der Waals surface area (Å²) in [5, 5.41) is 0.0530. The second-order valence-corrected chi connectivity index (χ2v) is 7.81. The van der Waals surface area contributed by atoms with Crippen molar-refractivity contribution in [3.8, 4) is 0 Å². The fraction of sp³-hybridized carbons (Fsp3) is 0.429. The molecule has 4 rings (SSSR count). The Labute approximate surface area is 183 Å². The third kappa shape index (κ3) is 4.78. The maximum Gasteiger partial charge on any atom is 0.419 e. The van der Waals surface area contributed by atoms with Crippen LogP contribution >= 0.6 is 11.6 Å². The Bertz CT molecular complexity index is 1050. The summed E-state index contributed by atoms with van der Waals surface area (Å²) in [5.74, 6) is 0.815. The average Bonchev–Trinajstić information content (AvgIpc) is 3.08. The molecule has 31 heavy (non-hydrogen) atoms. The molecule has 3 aromatic rings. The highest BCUT2D eigenvalue weighted by atomic mass is 35.5. The summed E-state index contributed by atoms with van der Waals surface area (Å²) in [6.07, 6.45) is -4.48. The largest absolute Gasteiger partial charge is 0.419 e. The summed E-state index contributed by atoms with van der Waals surface area (Å²) in [5.41, 5.74) is 1.21. The molecule has 10 heteroatoms. The minimum Gasteiger partial charge on any atom is -0.383 e. The average molecular weight is 454 g/mol. The van der Waals surface area contributed by atoms with Crippen molar-refractivity contribution in [1.82, 2.24) is 19.4 Å². The lowest BCUT2D eigenvalue weighted by Gasteiger charge is -2.36. The van der Waals surface area contributed by atoms with Crippen LogP contribution in [0.25, 0.3) is 11.0 Å². The molecular weight excluding hydrogens is 431 g/mol. The molecule has 0 amide bonds. The molecule has 1 fully saturated rings. The van der Waals surface area contributed by atoms with Crippen molar-refractivity contribution in [2.75, 3.05) is 44.8 Å². The first-order valence-corrected chi connectivity index (χ1v) is 10.4. The van der Waals surface area contributed by atoms with Crippen LogP contribution in [0.5, 0.6) is 0 Å². The van der Waals surface area contributed by atoms with E-state index in [1.807, 2.05) is 24.3 Å². The Hall–Kier alpha value is -2.36. The highest BCUT2D eigenvalue weighted by Gasteiger charge is 2.36. The fourth-order valence-electron chi connectivity index (χ4n) is 3.88. The van der Waals surface area contributed by atoms with Gasteiger partial charge in [-0.25, -0.2) is 9.97 Å². The number of pyridine rings is 1. The smallest absolute Gasteiger partial charge is 0.383 e. The first-order chi connectivity index (χ1) is 14.9. The number of hydrogen-bond donors (Lipinski definition) is 0. The van der Waals surface area contributed by atoms with E-state index in [2.05, 4.69) is 14.5 Å². The SMILES string of the molecule is COCCn1c(CN2CCN(c3nc(Cl)ccc3C(F)(F)F)CC2)nc2ccccc21. The summed E-state index contributed by atoms with van der Waals surface area (Å²) in [7, 11) is 1.66. The van der Waals surface area contributed by atoms with Gasteiger partial charge in [0.25, 0.3) is 0 Å². The molecule has 1 aliphatic heterocycles. The van der Waals surface area contributed by atoms with Gasteiger partial charge < -0.3 is 14.2 Å². The van der Waals surface area contributed by atoms with Gasteiger partial charge in [-0.15, -0.1) is 0 Å². The van der Waals surface area contributed by atoms with Crippen LogP contribution in [0.15, 0.2) is 36.4 Å². The van der Waals surface area contributed by atoms with E-state index in [1.54, 1.807) is 12.0 Å². The van der Waals surface area contributed by atoms with Gasteiger partial charge in [0.15, 0.2) is 0 Å². The molecule has 2 aromatic heterocycles. The maximum absolute atomic E-state index is 13.4. The third-order valence-corrected chi connectivity index (χ3v) is 5.65. The number of nitrogens with zero attached hydrogens (tertiary/aromatic N) is 5. The van der Waals surface area contributed by atoms with Crippen LogP contribution < -0.4 is 4.90 Å². The van der Waals surface area contributed by atoms with Gasteiger partial charge in [-0.3, -0.25) is 4.90 Å². The molecule has 0 unspecified atom stereocenters. The number of piperazine rings is 1. The zero-order valence-corrected chi connectivity index (χ0v) is 17.8. The Morgan fingerprint density at radius 3 is 2.48 bits per heavy atom. The topological polar surface area (TPSA) is 46.4 Å². The van der Waals surface area contributed by atoms with Crippen LogP contribution in [0.3, 0.4) is 0 Å². The predicted octanol–water partition coefficient (Wildman–Crippen LogP) is 4.07. The number of halogens is 4. The summed E-state index contributed by atoms with van der Waals surface area (Å²) < 4.78 is 47.6. The molecule has 166 valence electrons. The number of alkyl halides is 3. The number of anilines is 1. The molecule has 1 aliphatic rings. The van der Waals surface area contributed by atoms with E-state index in [-0.39, 0.29) is 11.0 Å². The summed E-state index contributed by atoms with van der Waals surface area (Å²) in [6, 6.07) is 10.1. The number of aromatic nitrogens is 3. The lowest BCUT2D eigenvalue weighted by molar-refractivity contribution is -0.137. The highest BCUT2D eigenvalue weighted by Crippen LogP contribution is 2.36. The molecule has 0 radical (unpaired) electrons. The van der Waals surface area contributed by atoms with Crippen molar-refractivity contribution in [2.24, 2.45) is 0 Å². The molecule has 1 aromatic carbocycles. The molecule has 0 atom stereocenters. The van der Waals surface area contributed by atoms with Crippen molar-refractivity contribution in [3.63, 3.8) is 0 Å². The van der Waals surface area contributed by atoms with Crippen LogP contribution in [0.1, 0.15) is 11.4 Å². The van der Waals surface area contributed by atoms with Gasteiger partial charge in [0.05, 0.1) is 29.7 Å². The quantitative estimate of drug-likeness (QED) is 0.526. The second-order valence-electron chi connectivity index (χ2n) is 7.43. The number of benzene rings is 1. The zero-order chi connectivity index (χ0) is 22.0. The van der Waals surface area contributed by atoms with Gasteiger partial charge in [0.1, 0.15) is 16.8 Å². The minimum absolute atomic E-state index is 0.0530. The predicted molar refractivity (Wildman–Crippen MR) is 113 cm³/mol. The van der Waals surface area contributed by atoms with Gasteiger partial charge in [-0.1, -0.05) is 23.7 Å². The van der Waals surface area contributed by atoms with Crippen LogP contribution in [0, 0.1) is 0 Å². The number of ether oxygens (including phenoxy) is 1. The molecule has 0 aliphatic carbocycles. The van der Waals surface area contributed by atoms with Crippen molar-refractivity contribution in [1.29, 1.82) is 0 Å². The number of hydrogen-bond acceptors (Lipinski definition) is 5. The number of imidazole rings is 1. The molecule has 0 saturated carbocycles. The van der Waals surface area contributed by atoms with E-state index in [0.717, 1.165) is 22.9 Å². The maximum atomic E-state index is 13.4. The summed E-state index contributed by atoms with van der Waals surface area (Å²) >= 11 is 5.88.